The number of hydrogen-bond donors (Lipinski definition) is 1. The fraction of sp³-hybridized carbons (Fsp3) is 0.0625. The number of anilines is 1. The molecule has 0 saturated carbocycles. The molecular formula is C16H11ClFN3O2. The van der Waals surface area contributed by atoms with Gasteiger partial charge < -0.3 is 10.1 Å². The van der Waals surface area contributed by atoms with Gasteiger partial charge in [0, 0.05) is 5.69 Å². The number of benzene rings is 2. The highest BCUT2D eigenvalue weighted by Crippen LogP contribution is 2.21. The van der Waals surface area contributed by atoms with Crippen molar-refractivity contribution in [3.63, 3.8) is 0 Å². The Morgan fingerprint density at radius 3 is 2.87 bits per heavy atom. The normalized spacial score (nSPS) is 10.5. The van der Waals surface area contributed by atoms with Crippen LogP contribution >= 0.6 is 11.6 Å². The minimum Gasteiger partial charge on any atom is -0.467 e. The molecule has 0 aliphatic heterocycles. The molecule has 0 fully saturated rings. The first-order valence-corrected chi connectivity index (χ1v) is 7.09. The van der Waals surface area contributed by atoms with Gasteiger partial charge in [-0.15, -0.1) is 0 Å². The lowest BCUT2D eigenvalue weighted by atomic mass is 10.2. The second-order valence-electron chi connectivity index (χ2n) is 4.66. The molecule has 1 amide bonds. The van der Waals surface area contributed by atoms with E-state index in [9.17, 15) is 9.18 Å². The third-order valence-corrected chi connectivity index (χ3v) is 3.34. The van der Waals surface area contributed by atoms with Gasteiger partial charge in [0.1, 0.15) is 12.1 Å². The van der Waals surface area contributed by atoms with Gasteiger partial charge in [0.25, 0.3) is 5.91 Å². The molecule has 0 radical (unpaired) electrons. The lowest BCUT2D eigenvalue weighted by Crippen LogP contribution is -2.20. The van der Waals surface area contributed by atoms with Gasteiger partial charge in [-0.05, 0) is 30.3 Å². The molecule has 0 unspecified atom stereocenters. The number of rotatable bonds is 4. The Bertz CT molecular complexity index is 868. The van der Waals surface area contributed by atoms with E-state index < -0.39 is 11.7 Å². The standard InChI is InChI=1S/C16H11ClFN3O2/c17-12-7-10(5-6-13(12)18)21-15(22)8-23-16-11-3-1-2-4-14(11)19-9-20-16/h1-7,9H,8H2,(H,21,22). The maximum absolute atomic E-state index is 13.1. The van der Waals surface area contributed by atoms with Crippen molar-refractivity contribution in [3.05, 3.63) is 59.6 Å². The van der Waals surface area contributed by atoms with Gasteiger partial charge in [0.05, 0.1) is 15.9 Å². The summed E-state index contributed by atoms with van der Waals surface area (Å²) in [6, 6.07) is 11.2. The van der Waals surface area contributed by atoms with Crippen molar-refractivity contribution in [2.75, 3.05) is 11.9 Å². The van der Waals surface area contributed by atoms with E-state index in [0.29, 0.717) is 17.0 Å². The Morgan fingerprint density at radius 1 is 1.22 bits per heavy atom. The van der Waals surface area contributed by atoms with Crippen molar-refractivity contribution in [2.24, 2.45) is 0 Å². The molecule has 5 nitrogen and oxygen atoms in total. The van der Waals surface area contributed by atoms with Crippen LogP contribution in [0.3, 0.4) is 0 Å². The zero-order valence-corrected chi connectivity index (χ0v) is 12.5. The highest BCUT2D eigenvalue weighted by Gasteiger charge is 2.09. The highest BCUT2D eigenvalue weighted by molar-refractivity contribution is 6.31. The molecule has 3 rings (SSSR count). The Morgan fingerprint density at radius 2 is 2.04 bits per heavy atom. The molecule has 2 aromatic carbocycles. The van der Waals surface area contributed by atoms with Crippen molar-refractivity contribution in [3.8, 4) is 5.88 Å². The zero-order chi connectivity index (χ0) is 16.2. The quantitative estimate of drug-likeness (QED) is 0.795. The number of carbonyl (C=O) groups is 1. The van der Waals surface area contributed by atoms with Gasteiger partial charge in [-0.1, -0.05) is 23.7 Å². The van der Waals surface area contributed by atoms with Crippen LogP contribution in [0.1, 0.15) is 0 Å². The molecule has 1 aromatic heterocycles. The van der Waals surface area contributed by atoms with Crippen molar-refractivity contribution < 1.29 is 13.9 Å². The summed E-state index contributed by atoms with van der Waals surface area (Å²) in [7, 11) is 0. The largest absolute Gasteiger partial charge is 0.467 e. The van der Waals surface area contributed by atoms with Crippen LogP contribution in [0, 0.1) is 5.82 Å². The Balaban J connectivity index is 1.67. The molecule has 0 aliphatic rings. The van der Waals surface area contributed by atoms with Gasteiger partial charge in [0.15, 0.2) is 6.61 Å². The van der Waals surface area contributed by atoms with E-state index in [-0.39, 0.29) is 11.6 Å². The number of fused-ring (bicyclic) bond motifs is 1. The van der Waals surface area contributed by atoms with E-state index in [1.807, 2.05) is 24.3 Å². The van der Waals surface area contributed by atoms with Crippen LogP contribution in [0.25, 0.3) is 10.9 Å². The smallest absolute Gasteiger partial charge is 0.262 e. The van der Waals surface area contributed by atoms with E-state index in [4.69, 9.17) is 16.3 Å². The van der Waals surface area contributed by atoms with Gasteiger partial charge in [-0.2, -0.15) is 0 Å². The number of aromatic nitrogens is 2. The minimum absolute atomic E-state index is 0.0643. The molecule has 23 heavy (non-hydrogen) atoms. The molecule has 1 N–H and O–H groups in total. The lowest BCUT2D eigenvalue weighted by Gasteiger charge is -2.08. The van der Waals surface area contributed by atoms with Gasteiger partial charge in [-0.25, -0.2) is 14.4 Å². The summed E-state index contributed by atoms with van der Waals surface area (Å²) >= 11 is 5.66. The number of hydrogen-bond acceptors (Lipinski definition) is 4. The summed E-state index contributed by atoms with van der Waals surface area (Å²) in [4.78, 5) is 20.0. The summed E-state index contributed by atoms with van der Waals surface area (Å²) in [5.41, 5.74) is 1.11. The predicted octanol–water partition coefficient (Wildman–Crippen LogP) is 3.44. The maximum atomic E-state index is 13.1. The monoisotopic (exact) mass is 331 g/mol. The van der Waals surface area contributed by atoms with Gasteiger partial charge in [0.2, 0.25) is 5.88 Å². The number of nitrogens with one attached hydrogen (secondary N) is 1. The fourth-order valence-electron chi connectivity index (χ4n) is 2.00. The molecule has 0 bridgehead atoms. The number of para-hydroxylation sites is 1. The second kappa shape index (κ2) is 6.58. The number of amides is 1. The maximum Gasteiger partial charge on any atom is 0.262 e. The van der Waals surface area contributed by atoms with E-state index >= 15 is 0 Å². The average Bonchev–Trinajstić information content (AvgIpc) is 2.56. The third kappa shape index (κ3) is 3.54. The molecule has 0 aliphatic carbocycles. The minimum atomic E-state index is -0.548. The zero-order valence-electron chi connectivity index (χ0n) is 11.8. The van der Waals surface area contributed by atoms with Crippen LogP contribution in [0.5, 0.6) is 5.88 Å². The van der Waals surface area contributed by atoms with Crippen molar-refractivity contribution in [1.82, 2.24) is 9.97 Å². The first-order chi connectivity index (χ1) is 11.1. The van der Waals surface area contributed by atoms with Crippen LogP contribution in [-0.2, 0) is 4.79 Å². The Labute approximate surface area is 136 Å². The summed E-state index contributed by atoms with van der Waals surface area (Å²) in [5.74, 6) is -0.633. The molecule has 1 heterocycles. The summed E-state index contributed by atoms with van der Waals surface area (Å²) in [6.07, 6.45) is 1.37. The molecule has 7 heteroatoms. The van der Waals surface area contributed by atoms with Crippen LogP contribution in [-0.4, -0.2) is 22.5 Å². The van der Waals surface area contributed by atoms with Crippen LogP contribution < -0.4 is 10.1 Å². The summed E-state index contributed by atoms with van der Waals surface area (Å²) < 4.78 is 18.5. The predicted molar refractivity (Wildman–Crippen MR) is 85.1 cm³/mol. The lowest BCUT2D eigenvalue weighted by molar-refractivity contribution is -0.118. The summed E-state index contributed by atoms with van der Waals surface area (Å²) in [6.45, 7) is -0.240. The third-order valence-electron chi connectivity index (χ3n) is 3.05. The second-order valence-corrected chi connectivity index (χ2v) is 5.07. The van der Waals surface area contributed by atoms with Crippen molar-refractivity contribution >= 4 is 34.1 Å². The Hall–Kier alpha value is -2.73. The van der Waals surface area contributed by atoms with Crippen LogP contribution in [0.15, 0.2) is 48.8 Å². The van der Waals surface area contributed by atoms with E-state index in [2.05, 4.69) is 15.3 Å². The first-order valence-electron chi connectivity index (χ1n) is 6.71. The van der Waals surface area contributed by atoms with E-state index in [1.54, 1.807) is 0 Å². The van der Waals surface area contributed by atoms with E-state index in [0.717, 1.165) is 5.52 Å². The topological polar surface area (TPSA) is 64.1 Å². The van der Waals surface area contributed by atoms with Crippen molar-refractivity contribution in [1.29, 1.82) is 0 Å². The SMILES string of the molecule is O=C(COc1ncnc2ccccc12)Nc1ccc(F)c(Cl)c1. The number of nitrogens with zero attached hydrogens (tertiary/aromatic N) is 2. The molecular weight excluding hydrogens is 321 g/mol. The Kier molecular flexibility index (Phi) is 4.34. The molecule has 116 valence electrons. The number of halogens is 2. The molecule has 0 saturated heterocycles. The fourth-order valence-corrected chi connectivity index (χ4v) is 2.18. The molecule has 3 aromatic rings. The number of ether oxygens (including phenoxy) is 1. The summed E-state index contributed by atoms with van der Waals surface area (Å²) in [5, 5.41) is 3.22. The highest BCUT2D eigenvalue weighted by atomic mass is 35.5. The molecule has 0 spiro atoms. The van der Waals surface area contributed by atoms with Crippen LogP contribution in [0.4, 0.5) is 10.1 Å². The number of carbonyl (C=O) groups excluding carboxylic acids is 1. The average molecular weight is 332 g/mol. The first kappa shape index (κ1) is 15.2. The van der Waals surface area contributed by atoms with Gasteiger partial charge >= 0.3 is 0 Å². The van der Waals surface area contributed by atoms with Crippen molar-refractivity contribution in [2.45, 2.75) is 0 Å². The van der Waals surface area contributed by atoms with Gasteiger partial charge in [-0.3, -0.25) is 4.79 Å². The van der Waals surface area contributed by atoms with Crippen LogP contribution in [0.2, 0.25) is 5.02 Å². The van der Waals surface area contributed by atoms with E-state index in [1.165, 1.54) is 24.5 Å². The molecule has 0 atom stereocenters.